The third-order valence-electron chi connectivity index (χ3n) is 4.16. The highest BCUT2D eigenvalue weighted by molar-refractivity contribution is 5.75. The quantitative estimate of drug-likeness (QED) is 0.443. The van der Waals surface area contributed by atoms with Gasteiger partial charge in [0.15, 0.2) is 0 Å². The van der Waals surface area contributed by atoms with Crippen LogP contribution < -0.4 is 5.32 Å². The van der Waals surface area contributed by atoms with E-state index in [-0.39, 0.29) is 6.61 Å². The molecule has 0 aliphatic heterocycles. The highest BCUT2D eigenvalue weighted by Gasteiger charge is 2.32. The first-order chi connectivity index (χ1) is 14.0. The average molecular weight is 444 g/mol. The largest absolute Gasteiger partial charge is 0.463 e. The van der Waals surface area contributed by atoms with Crippen LogP contribution in [0.15, 0.2) is 36.4 Å². The maximum atomic E-state index is 12.9. The summed E-state index contributed by atoms with van der Waals surface area (Å²) in [5.74, 6) is -1.01. The summed E-state index contributed by atoms with van der Waals surface area (Å²) in [4.78, 5) is 24.6. The second-order valence-electron chi connectivity index (χ2n) is 9.27. The minimum absolute atomic E-state index is 0.175. The van der Waals surface area contributed by atoms with Crippen LogP contribution in [0.2, 0.25) is 0 Å². The second kappa shape index (κ2) is 10.2. The van der Waals surface area contributed by atoms with Crippen LogP contribution in [0.25, 0.3) is 0 Å². The summed E-state index contributed by atoms with van der Waals surface area (Å²) in [5, 5.41) is 2.70. The van der Waals surface area contributed by atoms with Crippen molar-refractivity contribution in [1.82, 2.24) is 5.32 Å². The van der Waals surface area contributed by atoms with Gasteiger partial charge in [0.2, 0.25) is 0 Å². The number of halogens is 3. The fourth-order valence-electron chi connectivity index (χ4n) is 2.66. The molecule has 0 spiro atoms. The molecule has 1 amide bonds. The van der Waals surface area contributed by atoms with E-state index in [1.807, 2.05) is 0 Å². The monoisotopic (exact) mass is 443 g/mol. The first kappa shape index (κ1) is 26.5. The van der Waals surface area contributed by atoms with Crippen molar-refractivity contribution in [3.63, 3.8) is 0 Å². The molecule has 0 unspecified atom stereocenters. The molecule has 1 aromatic rings. The smallest absolute Gasteiger partial charge is 0.416 e. The summed E-state index contributed by atoms with van der Waals surface area (Å²) in [6.07, 6.45) is -1.72. The van der Waals surface area contributed by atoms with Crippen LogP contribution in [0.5, 0.6) is 0 Å². The van der Waals surface area contributed by atoms with Gasteiger partial charge in [-0.1, -0.05) is 24.3 Å². The molecular weight excluding hydrogens is 411 g/mol. The van der Waals surface area contributed by atoms with E-state index in [1.165, 1.54) is 12.1 Å². The van der Waals surface area contributed by atoms with E-state index < -0.39 is 46.8 Å². The zero-order valence-corrected chi connectivity index (χ0v) is 19.1. The van der Waals surface area contributed by atoms with Crippen molar-refractivity contribution in [2.75, 3.05) is 6.61 Å². The fourth-order valence-corrected chi connectivity index (χ4v) is 2.66. The first-order valence-electron chi connectivity index (χ1n) is 10.0. The maximum absolute atomic E-state index is 12.9. The number of ether oxygens (including phenoxy) is 2. The fraction of sp³-hybridized carbons (Fsp3) is 0.565. The van der Waals surface area contributed by atoms with Gasteiger partial charge in [0, 0.05) is 5.92 Å². The molecule has 0 fully saturated rings. The molecule has 0 heterocycles. The van der Waals surface area contributed by atoms with Gasteiger partial charge in [-0.2, -0.15) is 13.2 Å². The molecule has 0 aliphatic carbocycles. The number of carbonyl (C=O) groups excluding carboxylic acids is 2. The normalized spacial score (nSPS) is 14.8. The summed E-state index contributed by atoms with van der Waals surface area (Å²) >= 11 is 0. The Morgan fingerprint density at radius 2 is 1.58 bits per heavy atom. The first-order valence-corrected chi connectivity index (χ1v) is 10.0. The number of rotatable bonds is 6. The predicted octanol–water partition coefficient (Wildman–Crippen LogP) is 5.85. The number of allylic oxidation sites excluding steroid dienone is 1. The molecule has 0 aromatic heterocycles. The van der Waals surface area contributed by atoms with Crippen LogP contribution in [-0.2, 0) is 20.4 Å². The Kier molecular flexibility index (Phi) is 8.73. The number of amides is 1. The second-order valence-corrected chi connectivity index (χ2v) is 9.27. The third kappa shape index (κ3) is 9.02. The lowest BCUT2D eigenvalue weighted by Crippen LogP contribution is -2.45. The lowest BCUT2D eigenvalue weighted by atomic mass is 9.90. The highest BCUT2D eigenvalue weighted by atomic mass is 19.4. The Morgan fingerprint density at radius 1 is 1.03 bits per heavy atom. The highest BCUT2D eigenvalue weighted by Crippen LogP contribution is 2.31. The molecule has 0 bridgehead atoms. The van der Waals surface area contributed by atoms with Crippen molar-refractivity contribution in [2.24, 2.45) is 5.41 Å². The Morgan fingerprint density at radius 3 is 2.00 bits per heavy atom. The molecule has 0 saturated carbocycles. The molecule has 31 heavy (non-hydrogen) atoms. The Bertz CT molecular complexity index is 772. The van der Waals surface area contributed by atoms with Crippen molar-refractivity contribution in [2.45, 2.75) is 72.2 Å². The van der Waals surface area contributed by atoms with E-state index in [9.17, 15) is 22.8 Å². The van der Waals surface area contributed by atoms with E-state index in [4.69, 9.17) is 9.47 Å². The van der Waals surface area contributed by atoms with Crippen LogP contribution in [0, 0.1) is 5.41 Å². The third-order valence-corrected chi connectivity index (χ3v) is 4.16. The van der Waals surface area contributed by atoms with Crippen LogP contribution in [0.4, 0.5) is 18.0 Å². The number of hydrogen-bond acceptors (Lipinski definition) is 4. The van der Waals surface area contributed by atoms with E-state index in [2.05, 4.69) is 5.32 Å². The Labute approximate surface area is 182 Å². The van der Waals surface area contributed by atoms with Gasteiger partial charge < -0.3 is 14.8 Å². The molecular formula is C23H32F3NO4. The minimum Gasteiger partial charge on any atom is -0.463 e. The van der Waals surface area contributed by atoms with Crippen molar-refractivity contribution < 1.29 is 32.2 Å². The van der Waals surface area contributed by atoms with Gasteiger partial charge in [-0.3, -0.25) is 4.79 Å². The van der Waals surface area contributed by atoms with Gasteiger partial charge in [-0.25, -0.2) is 4.79 Å². The molecule has 0 aliphatic rings. The van der Waals surface area contributed by atoms with Crippen LogP contribution in [0.3, 0.4) is 0 Å². The standard InChI is InChI=1S/C23H32F3NO4/c1-8-9-17(15-10-12-16(13-11-15)23(24,25)26)18(14-30-19(28)21(2,3)4)27-20(29)31-22(5,6)7/h8-13,17-18H,14H2,1-7H3,(H,27,29)/t17-,18+/m0/s1. The minimum atomic E-state index is -4.45. The summed E-state index contributed by atoms with van der Waals surface area (Å²) in [6.45, 7) is 11.8. The number of carbonyl (C=O) groups is 2. The molecule has 8 heteroatoms. The number of alkyl halides is 3. The number of benzene rings is 1. The van der Waals surface area contributed by atoms with Gasteiger partial charge in [0.25, 0.3) is 0 Å². The molecule has 174 valence electrons. The van der Waals surface area contributed by atoms with Gasteiger partial charge in [0.1, 0.15) is 12.2 Å². The Hall–Kier alpha value is -2.51. The summed E-state index contributed by atoms with van der Waals surface area (Å²) in [6, 6.07) is 3.91. The van der Waals surface area contributed by atoms with Crippen LogP contribution >= 0.6 is 0 Å². The van der Waals surface area contributed by atoms with Gasteiger partial charge in [0.05, 0.1) is 17.0 Å². The van der Waals surface area contributed by atoms with Crippen LogP contribution in [-0.4, -0.2) is 30.3 Å². The zero-order valence-electron chi connectivity index (χ0n) is 19.1. The number of alkyl carbamates (subject to hydrolysis) is 1. The summed E-state index contributed by atoms with van der Waals surface area (Å²) in [7, 11) is 0. The Balaban J connectivity index is 3.22. The molecule has 2 atom stereocenters. The van der Waals surface area contributed by atoms with E-state index in [1.54, 1.807) is 60.6 Å². The number of nitrogens with one attached hydrogen (secondary N) is 1. The average Bonchev–Trinajstić information content (AvgIpc) is 2.60. The van der Waals surface area contributed by atoms with Gasteiger partial charge >= 0.3 is 18.2 Å². The topological polar surface area (TPSA) is 64.6 Å². The van der Waals surface area contributed by atoms with Crippen molar-refractivity contribution in [3.05, 3.63) is 47.5 Å². The van der Waals surface area contributed by atoms with Crippen molar-refractivity contribution in [1.29, 1.82) is 0 Å². The summed E-state index contributed by atoms with van der Waals surface area (Å²) < 4.78 is 49.5. The van der Waals surface area contributed by atoms with Crippen molar-refractivity contribution in [3.8, 4) is 0 Å². The molecule has 0 saturated heterocycles. The molecule has 1 N–H and O–H groups in total. The zero-order chi connectivity index (χ0) is 24.0. The predicted molar refractivity (Wildman–Crippen MR) is 113 cm³/mol. The lowest BCUT2D eigenvalue weighted by Gasteiger charge is -2.29. The maximum Gasteiger partial charge on any atom is 0.416 e. The van der Waals surface area contributed by atoms with Crippen molar-refractivity contribution >= 4 is 12.1 Å². The van der Waals surface area contributed by atoms with E-state index in [0.29, 0.717) is 5.56 Å². The van der Waals surface area contributed by atoms with E-state index in [0.717, 1.165) is 12.1 Å². The molecule has 1 aromatic carbocycles. The van der Waals surface area contributed by atoms with Gasteiger partial charge in [-0.15, -0.1) is 0 Å². The summed E-state index contributed by atoms with van der Waals surface area (Å²) in [5.41, 5.74) is -1.74. The lowest BCUT2D eigenvalue weighted by molar-refractivity contribution is -0.153. The van der Waals surface area contributed by atoms with Gasteiger partial charge in [-0.05, 0) is 66.2 Å². The molecule has 1 rings (SSSR count). The number of esters is 1. The number of hydrogen-bond donors (Lipinski definition) is 1. The van der Waals surface area contributed by atoms with E-state index >= 15 is 0 Å². The SMILES string of the molecule is CC=C[C@@H](c1ccc(C(F)(F)F)cc1)[C@@H](COC(=O)C(C)(C)C)NC(=O)OC(C)(C)C. The van der Waals surface area contributed by atoms with Crippen LogP contribution in [0.1, 0.15) is 65.5 Å². The molecule has 0 radical (unpaired) electrons. The molecule has 5 nitrogen and oxygen atoms in total.